The molecule has 4 aliphatic carbocycles. The first-order valence-corrected chi connectivity index (χ1v) is 9.84. The summed E-state index contributed by atoms with van der Waals surface area (Å²) in [4.78, 5) is 4.87. The molecule has 22 heavy (non-hydrogen) atoms. The molecule has 0 aromatic rings. The van der Waals surface area contributed by atoms with Crippen molar-refractivity contribution in [2.45, 2.75) is 75.7 Å². The molecular formula is C16H26N2O3S. The molecule has 1 N–H and O–H groups in total. The molecule has 1 heterocycles. The third-order valence-electron chi connectivity index (χ3n) is 6.97. The molecule has 5 fully saturated rings. The van der Waals surface area contributed by atoms with Gasteiger partial charge in [-0.25, -0.2) is 18.1 Å². The zero-order chi connectivity index (χ0) is 16.0. The molecule has 4 bridgehead atoms. The molecule has 124 valence electrons. The molecule has 4 atom stereocenters. The predicted molar refractivity (Wildman–Crippen MR) is 85.0 cm³/mol. The van der Waals surface area contributed by atoms with Crippen LogP contribution >= 0.6 is 0 Å². The summed E-state index contributed by atoms with van der Waals surface area (Å²) in [5.41, 5.74) is -0.870. The molecule has 2 unspecified atom stereocenters. The van der Waals surface area contributed by atoms with Crippen LogP contribution in [0.2, 0.25) is 0 Å². The van der Waals surface area contributed by atoms with Crippen molar-refractivity contribution < 1.29 is 13.2 Å². The summed E-state index contributed by atoms with van der Waals surface area (Å²) in [5.74, 6) is 2.19. The van der Waals surface area contributed by atoms with Crippen molar-refractivity contribution in [3.8, 4) is 0 Å². The number of aliphatic imine (C=N–C) groups is 1. The Morgan fingerprint density at radius 3 is 2.23 bits per heavy atom. The van der Waals surface area contributed by atoms with Gasteiger partial charge in [0, 0.05) is 0 Å². The van der Waals surface area contributed by atoms with Crippen LogP contribution in [0.1, 0.15) is 59.8 Å². The SMILES string of the molecule is CC1(C)OC(=NC23C[C@@H]4CC2C[C@@H](C4)C3)NS(=O)(=O)C1(C)C. The van der Waals surface area contributed by atoms with Crippen molar-refractivity contribution in [3.63, 3.8) is 0 Å². The second-order valence-electron chi connectivity index (χ2n) is 8.79. The van der Waals surface area contributed by atoms with Gasteiger partial charge in [0.15, 0.2) is 0 Å². The van der Waals surface area contributed by atoms with Gasteiger partial charge in [0.2, 0.25) is 10.0 Å². The zero-order valence-electron chi connectivity index (χ0n) is 13.8. The average Bonchev–Trinajstić information content (AvgIpc) is 2.70. The van der Waals surface area contributed by atoms with Crippen molar-refractivity contribution in [3.05, 3.63) is 0 Å². The Labute approximate surface area is 133 Å². The normalized spacial score (nSPS) is 48.2. The van der Waals surface area contributed by atoms with Gasteiger partial charge in [-0.2, -0.15) is 0 Å². The van der Waals surface area contributed by atoms with E-state index in [9.17, 15) is 8.42 Å². The Bertz CT molecular complexity index is 636. The van der Waals surface area contributed by atoms with Gasteiger partial charge in [0.05, 0.1) is 5.54 Å². The van der Waals surface area contributed by atoms with Gasteiger partial charge < -0.3 is 4.74 Å². The first kappa shape index (κ1) is 14.8. The predicted octanol–water partition coefficient (Wildman–Crippen LogP) is 2.43. The number of ether oxygens (including phenoxy) is 1. The lowest BCUT2D eigenvalue weighted by Crippen LogP contribution is -2.64. The quantitative estimate of drug-likeness (QED) is 0.804. The molecule has 5 rings (SSSR count). The first-order chi connectivity index (χ1) is 10.0. The van der Waals surface area contributed by atoms with Gasteiger partial charge >= 0.3 is 0 Å². The fraction of sp³-hybridized carbons (Fsp3) is 0.938. The first-order valence-electron chi connectivity index (χ1n) is 8.36. The third-order valence-corrected chi connectivity index (χ3v) is 9.24. The van der Waals surface area contributed by atoms with Crippen LogP contribution in [0.4, 0.5) is 0 Å². The lowest BCUT2D eigenvalue weighted by atomic mass is 9.81. The third kappa shape index (κ3) is 1.76. The van der Waals surface area contributed by atoms with Gasteiger partial charge in [0.1, 0.15) is 10.3 Å². The summed E-state index contributed by atoms with van der Waals surface area (Å²) in [5, 5.41) is 0. The lowest BCUT2D eigenvalue weighted by molar-refractivity contribution is 0.0450. The van der Waals surface area contributed by atoms with Crippen LogP contribution in [0.15, 0.2) is 4.99 Å². The number of nitrogens with zero attached hydrogens (tertiary/aromatic N) is 1. The van der Waals surface area contributed by atoms with Crippen molar-refractivity contribution in [2.24, 2.45) is 22.7 Å². The molecule has 1 saturated heterocycles. The Morgan fingerprint density at radius 1 is 1.09 bits per heavy atom. The highest BCUT2D eigenvalue weighted by atomic mass is 32.2. The summed E-state index contributed by atoms with van der Waals surface area (Å²) in [7, 11) is -3.50. The summed E-state index contributed by atoms with van der Waals surface area (Å²) in [6.45, 7) is 7.06. The maximum atomic E-state index is 12.6. The van der Waals surface area contributed by atoms with Gasteiger partial charge in [0.25, 0.3) is 6.02 Å². The van der Waals surface area contributed by atoms with E-state index in [1.165, 1.54) is 19.3 Å². The lowest BCUT2D eigenvalue weighted by Gasteiger charge is -2.45. The van der Waals surface area contributed by atoms with Crippen LogP contribution in [0.5, 0.6) is 0 Å². The standard InChI is InChI=1S/C16H26N2O3S/c1-14(2)15(3,4)22(19,20)18-13(21-14)17-16-8-10-5-11(9-16)7-12(16)6-10/h10-12H,5-9H2,1-4H3,(H,17,18)/t10-,11+,12?,16?. The average molecular weight is 326 g/mol. The Hall–Kier alpha value is -0.780. The van der Waals surface area contributed by atoms with Crippen molar-refractivity contribution in [2.75, 3.05) is 0 Å². The monoisotopic (exact) mass is 326 g/mol. The minimum atomic E-state index is -3.50. The smallest absolute Gasteiger partial charge is 0.299 e. The van der Waals surface area contributed by atoms with E-state index < -0.39 is 20.4 Å². The van der Waals surface area contributed by atoms with E-state index in [1.807, 2.05) is 13.8 Å². The van der Waals surface area contributed by atoms with E-state index in [-0.39, 0.29) is 11.6 Å². The van der Waals surface area contributed by atoms with E-state index >= 15 is 0 Å². The number of sulfonamides is 1. The molecule has 5 aliphatic rings. The van der Waals surface area contributed by atoms with Crippen LogP contribution in [0.3, 0.4) is 0 Å². The fourth-order valence-electron chi connectivity index (χ4n) is 5.14. The minimum absolute atomic E-state index is 0.0665. The van der Waals surface area contributed by atoms with E-state index in [1.54, 1.807) is 13.8 Å². The second kappa shape index (κ2) is 4.00. The number of amidine groups is 1. The van der Waals surface area contributed by atoms with Gasteiger partial charge in [-0.1, -0.05) is 0 Å². The van der Waals surface area contributed by atoms with Crippen LogP contribution in [0.25, 0.3) is 0 Å². The maximum absolute atomic E-state index is 12.6. The van der Waals surface area contributed by atoms with E-state index in [0.29, 0.717) is 5.92 Å². The van der Waals surface area contributed by atoms with Crippen molar-refractivity contribution >= 4 is 16.0 Å². The Kier molecular flexibility index (Phi) is 2.69. The summed E-state index contributed by atoms with van der Waals surface area (Å²) < 4.78 is 32.8. The van der Waals surface area contributed by atoms with E-state index in [0.717, 1.165) is 24.7 Å². The van der Waals surface area contributed by atoms with E-state index in [4.69, 9.17) is 9.73 Å². The number of nitrogens with one attached hydrogen (secondary N) is 1. The molecule has 0 aromatic heterocycles. The molecule has 6 heteroatoms. The zero-order valence-corrected chi connectivity index (χ0v) is 14.7. The topological polar surface area (TPSA) is 67.8 Å². The highest BCUT2D eigenvalue weighted by Gasteiger charge is 2.60. The maximum Gasteiger partial charge on any atom is 0.299 e. The molecule has 5 nitrogen and oxygen atoms in total. The van der Waals surface area contributed by atoms with Crippen LogP contribution in [-0.2, 0) is 14.8 Å². The number of hydrogen-bond acceptors (Lipinski definition) is 4. The summed E-state index contributed by atoms with van der Waals surface area (Å²) in [6, 6.07) is 0.220. The van der Waals surface area contributed by atoms with Crippen molar-refractivity contribution in [1.82, 2.24) is 4.72 Å². The molecule has 4 saturated carbocycles. The van der Waals surface area contributed by atoms with Crippen LogP contribution in [0, 0.1) is 17.8 Å². The minimum Gasteiger partial charge on any atom is -0.457 e. The number of rotatable bonds is 1. The number of hydrogen-bond donors (Lipinski definition) is 1. The van der Waals surface area contributed by atoms with Gasteiger partial charge in [-0.3, -0.25) is 0 Å². The Morgan fingerprint density at radius 2 is 1.68 bits per heavy atom. The van der Waals surface area contributed by atoms with Crippen LogP contribution < -0.4 is 4.72 Å². The highest BCUT2D eigenvalue weighted by molar-refractivity contribution is 7.91. The Balaban J connectivity index is 1.70. The summed E-state index contributed by atoms with van der Waals surface area (Å²) >= 11 is 0. The van der Waals surface area contributed by atoms with E-state index in [2.05, 4.69) is 4.72 Å². The highest BCUT2D eigenvalue weighted by Crippen LogP contribution is 2.62. The second-order valence-corrected chi connectivity index (χ2v) is 11.0. The molecule has 0 aromatic carbocycles. The molecule has 1 aliphatic heterocycles. The summed E-state index contributed by atoms with van der Waals surface area (Å²) in [6.07, 6.45) is 6.07. The molecule has 0 amide bonds. The van der Waals surface area contributed by atoms with Crippen molar-refractivity contribution in [1.29, 1.82) is 0 Å². The fourth-order valence-corrected chi connectivity index (χ4v) is 6.40. The van der Waals surface area contributed by atoms with Gasteiger partial charge in [-0.05, 0) is 77.6 Å². The largest absolute Gasteiger partial charge is 0.457 e. The van der Waals surface area contributed by atoms with Crippen LogP contribution in [-0.4, -0.2) is 30.3 Å². The molecular weight excluding hydrogens is 300 g/mol. The van der Waals surface area contributed by atoms with Gasteiger partial charge in [-0.15, -0.1) is 0 Å². The molecule has 0 spiro atoms. The molecule has 0 radical (unpaired) electrons.